The van der Waals surface area contributed by atoms with Crippen molar-refractivity contribution in [2.75, 3.05) is 0 Å². The van der Waals surface area contributed by atoms with Gasteiger partial charge in [0.15, 0.2) is 15.4 Å². The van der Waals surface area contributed by atoms with E-state index in [1.54, 1.807) is 0 Å². The molecule has 0 amide bonds. The van der Waals surface area contributed by atoms with Crippen LogP contribution in [0.3, 0.4) is 0 Å². The maximum atomic E-state index is 5.47. The van der Waals surface area contributed by atoms with Gasteiger partial charge in [-0.05, 0) is 31.9 Å². The number of hydrogen-bond donors (Lipinski definition) is 1. The molecule has 0 spiro atoms. The van der Waals surface area contributed by atoms with E-state index in [0.29, 0.717) is 11.2 Å². The van der Waals surface area contributed by atoms with Crippen LogP contribution < -0.4 is 5.73 Å². The van der Waals surface area contributed by atoms with Crippen LogP contribution in [-0.2, 0) is 6.54 Å². The van der Waals surface area contributed by atoms with Crippen molar-refractivity contribution in [3.63, 3.8) is 0 Å². The monoisotopic (exact) mass is 336 g/mol. The van der Waals surface area contributed by atoms with Crippen LogP contribution in [0.2, 0.25) is 0 Å². The number of aromatic nitrogens is 1. The fraction of sp³-hybridized carbons (Fsp3) is 0.125. The van der Waals surface area contributed by atoms with Crippen LogP contribution in [0, 0.1) is 0 Å². The van der Waals surface area contributed by atoms with Gasteiger partial charge in [-0.15, -0.1) is 11.3 Å². The van der Waals surface area contributed by atoms with Gasteiger partial charge in [-0.3, -0.25) is 0 Å². The highest BCUT2D eigenvalue weighted by Gasteiger charge is 2.11. The molecule has 2 heterocycles. The van der Waals surface area contributed by atoms with E-state index in [0.717, 1.165) is 20.9 Å². The van der Waals surface area contributed by atoms with E-state index in [-0.39, 0.29) is 0 Å². The molecule has 74 valence electrons. The molecule has 0 bridgehead atoms. The van der Waals surface area contributed by atoms with E-state index < -0.39 is 0 Å². The fourth-order valence-corrected chi connectivity index (χ4v) is 2.33. The average molecular weight is 338 g/mol. The first-order valence-electron chi connectivity index (χ1n) is 3.80. The van der Waals surface area contributed by atoms with Gasteiger partial charge in [0.1, 0.15) is 0 Å². The number of nitrogens with zero attached hydrogens (tertiary/aromatic N) is 1. The molecule has 0 aliphatic rings. The number of rotatable bonds is 2. The van der Waals surface area contributed by atoms with Crippen molar-refractivity contribution in [1.29, 1.82) is 0 Å². The standard InChI is InChI=1S/C8H6Br2N2OS/c9-5-1-6(13-7(5)10)8-12-4(2-11)3-14-8/h1,3H,2,11H2. The molecule has 0 atom stereocenters. The lowest BCUT2D eigenvalue weighted by molar-refractivity contribution is 0.553. The molecule has 14 heavy (non-hydrogen) atoms. The van der Waals surface area contributed by atoms with E-state index >= 15 is 0 Å². The lowest BCUT2D eigenvalue weighted by atomic mass is 10.4. The second kappa shape index (κ2) is 4.14. The first-order chi connectivity index (χ1) is 6.70. The molecule has 0 saturated carbocycles. The number of hydrogen-bond acceptors (Lipinski definition) is 4. The summed E-state index contributed by atoms with van der Waals surface area (Å²) in [5, 5.41) is 2.77. The van der Waals surface area contributed by atoms with Gasteiger partial charge >= 0.3 is 0 Å². The minimum absolute atomic E-state index is 0.458. The van der Waals surface area contributed by atoms with Crippen molar-refractivity contribution in [3.05, 3.63) is 26.3 Å². The highest BCUT2D eigenvalue weighted by Crippen LogP contribution is 2.33. The largest absolute Gasteiger partial charge is 0.446 e. The molecule has 6 heteroatoms. The SMILES string of the molecule is NCc1csc(-c2cc(Br)c(Br)o2)n1. The Balaban J connectivity index is 2.39. The second-order valence-electron chi connectivity index (χ2n) is 2.58. The van der Waals surface area contributed by atoms with Crippen LogP contribution in [-0.4, -0.2) is 4.98 Å². The fourth-order valence-electron chi connectivity index (χ4n) is 0.966. The Kier molecular flexibility index (Phi) is 3.06. The van der Waals surface area contributed by atoms with Crippen molar-refractivity contribution < 1.29 is 4.42 Å². The van der Waals surface area contributed by atoms with E-state index in [1.807, 2.05) is 11.4 Å². The first kappa shape index (κ1) is 10.4. The van der Waals surface area contributed by atoms with Gasteiger partial charge in [-0.1, -0.05) is 0 Å². The smallest absolute Gasteiger partial charge is 0.184 e. The van der Waals surface area contributed by atoms with Crippen molar-refractivity contribution in [3.8, 4) is 10.8 Å². The van der Waals surface area contributed by atoms with Crippen molar-refractivity contribution in [2.24, 2.45) is 5.73 Å². The van der Waals surface area contributed by atoms with E-state index in [2.05, 4.69) is 36.8 Å². The summed E-state index contributed by atoms with van der Waals surface area (Å²) in [5.74, 6) is 0.744. The average Bonchev–Trinajstić information content (AvgIpc) is 2.74. The maximum Gasteiger partial charge on any atom is 0.184 e. The third kappa shape index (κ3) is 1.93. The predicted molar refractivity (Wildman–Crippen MR) is 63.1 cm³/mol. The Morgan fingerprint density at radius 1 is 1.50 bits per heavy atom. The third-order valence-electron chi connectivity index (χ3n) is 1.62. The molecule has 0 aromatic carbocycles. The quantitative estimate of drug-likeness (QED) is 0.913. The number of halogens is 2. The van der Waals surface area contributed by atoms with Gasteiger partial charge in [0.2, 0.25) is 0 Å². The van der Waals surface area contributed by atoms with Crippen molar-refractivity contribution in [1.82, 2.24) is 4.98 Å². The molecule has 0 fully saturated rings. The van der Waals surface area contributed by atoms with E-state index in [4.69, 9.17) is 10.2 Å². The summed E-state index contributed by atoms with van der Waals surface area (Å²) in [6.45, 7) is 0.458. The molecule has 2 aromatic heterocycles. The first-order valence-corrected chi connectivity index (χ1v) is 6.27. The highest BCUT2D eigenvalue weighted by molar-refractivity contribution is 9.13. The van der Waals surface area contributed by atoms with Crippen molar-refractivity contribution in [2.45, 2.75) is 6.54 Å². The zero-order valence-corrected chi connectivity index (χ0v) is 10.9. The normalized spacial score (nSPS) is 10.8. The van der Waals surface area contributed by atoms with Gasteiger partial charge in [0.25, 0.3) is 0 Å². The summed E-state index contributed by atoms with van der Waals surface area (Å²) in [6, 6.07) is 1.88. The van der Waals surface area contributed by atoms with Crippen LogP contribution in [0.15, 0.2) is 25.0 Å². The number of nitrogens with two attached hydrogens (primary N) is 1. The Hall–Kier alpha value is -0.170. The van der Waals surface area contributed by atoms with Crippen LogP contribution in [0.4, 0.5) is 0 Å². The Morgan fingerprint density at radius 3 is 2.79 bits per heavy atom. The molecule has 0 aliphatic carbocycles. The van der Waals surface area contributed by atoms with Gasteiger partial charge in [-0.25, -0.2) is 4.98 Å². The summed E-state index contributed by atoms with van der Waals surface area (Å²) in [7, 11) is 0. The molecule has 0 aliphatic heterocycles. The lowest BCUT2D eigenvalue weighted by Crippen LogP contribution is -1.95. The molecule has 2 N–H and O–H groups in total. The third-order valence-corrected chi connectivity index (χ3v) is 4.23. The van der Waals surface area contributed by atoms with Gasteiger partial charge in [0, 0.05) is 18.0 Å². The number of furan rings is 1. The summed E-state index contributed by atoms with van der Waals surface area (Å²) in [4.78, 5) is 4.31. The molecule has 2 rings (SSSR count). The van der Waals surface area contributed by atoms with Crippen LogP contribution >= 0.6 is 43.2 Å². The molecule has 0 radical (unpaired) electrons. The molecule has 3 nitrogen and oxygen atoms in total. The predicted octanol–water partition coefficient (Wildman–Crippen LogP) is 3.39. The Labute approximate surface area is 102 Å². The molecular weight excluding hydrogens is 332 g/mol. The van der Waals surface area contributed by atoms with Gasteiger partial charge in [-0.2, -0.15) is 0 Å². The van der Waals surface area contributed by atoms with Crippen LogP contribution in [0.5, 0.6) is 0 Å². The minimum Gasteiger partial charge on any atom is -0.446 e. The van der Waals surface area contributed by atoms with Crippen LogP contribution in [0.25, 0.3) is 10.8 Å². The summed E-state index contributed by atoms with van der Waals surface area (Å²) in [5.41, 5.74) is 6.35. The molecule has 0 unspecified atom stereocenters. The summed E-state index contributed by atoms with van der Waals surface area (Å²) < 4.78 is 7.00. The highest BCUT2D eigenvalue weighted by atomic mass is 79.9. The zero-order chi connectivity index (χ0) is 10.1. The topological polar surface area (TPSA) is 52.0 Å². The second-order valence-corrected chi connectivity index (χ2v) is 5.01. The number of thiazole rings is 1. The molecule has 2 aromatic rings. The lowest BCUT2D eigenvalue weighted by Gasteiger charge is -1.87. The zero-order valence-electron chi connectivity index (χ0n) is 6.96. The minimum atomic E-state index is 0.458. The van der Waals surface area contributed by atoms with Crippen molar-refractivity contribution >= 4 is 43.2 Å². The molecule has 0 saturated heterocycles. The Bertz CT molecular complexity index is 432. The van der Waals surface area contributed by atoms with Crippen LogP contribution in [0.1, 0.15) is 5.69 Å². The maximum absolute atomic E-state index is 5.47. The van der Waals surface area contributed by atoms with E-state index in [1.165, 1.54) is 11.3 Å². The van der Waals surface area contributed by atoms with Gasteiger partial charge in [0.05, 0.1) is 10.2 Å². The summed E-state index contributed by atoms with van der Waals surface area (Å²) >= 11 is 8.15. The van der Waals surface area contributed by atoms with E-state index in [9.17, 15) is 0 Å². The summed E-state index contributed by atoms with van der Waals surface area (Å²) in [6.07, 6.45) is 0. The molecular formula is C8H6Br2N2OS. The Morgan fingerprint density at radius 2 is 2.29 bits per heavy atom. The van der Waals surface area contributed by atoms with Gasteiger partial charge < -0.3 is 10.2 Å².